The minimum atomic E-state index is -0.0679. The molecule has 0 saturated carbocycles. The normalized spacial score (nSPS) is 13.7. The molecule has 1 amide bonds. The number of amides is 1. The van der Waals surface area contributed by atoms with Gasteiger partial charge in [-0.1, -0.05) is 34.6 Å². The van der Waals surface area contributed by atoms with Crippen molar-refractivity contribution in [3.8, 4) is 0 Å². The van der Waals surface area contributed by atoms with Gasteiger partial charge in [0.15, 0.2) is 0 Å². The van der Waals surface area contributed by atoms with Gasteiger partial charge in [0.25, 0.3) is 0 Å². The number of carbonyl (C=O) groups is 1. The summed E-state index contributed by atoms with van der Waals surface area (Å²) in [4.78, 5) is 14.3. The standard InChI is InChI=1S/C14H31N3O/c1-6-17(7-2)9-8-16-13(18)12(11-15)10-14(3,4)5/h12H,6-11,15H2,1-5H3,(H,16,18). The van der Waals surface area contributed by atoms with Crippen molar-refractivity contribution < 1.29 is 4.79 Å². The van der Waals surface area contributed by atoms with Crippen molar-refractivity contribution in [1.82, 2.24) is 10.2 Å². The highest BCUT2D eigenvalue weighted by molar-refractivity contribution is 5.78. The molecule has 0 radical (unpaired) electrons. The van der Waals surface area contributed by atoms with E-state index in [0.717, 1.165) is 26.1 Å². The number of carbonyl (C=O) groups excluding carboxylic acids is 1. The SMILES string of the molecule is CCN(CC)CCNC(=O)C(CN)CC(C)(C)C. The predicted molar refractivity (Wildman–Crippen MR) is 77.4 cm³/mol. The molecule has 0 saturated heterocycles. The van der Waals surface area contributed by atoms with Crippen LogP contribution in [0.2, 0.25) is 0 Å². The van der Waals surface area contributed by atoms with Crippen LogP contribution in [-0.4, -0.2) is 43.5 Å². The zero-order valence-electron chi connectivity index (χ0n) is 12.8. The summed E-state index contributed by atoms with van der Waals surface area (Å²) in [7, 11) is 0. The molecule has 0 rings (SSSR count). The van der Waals surface area contributed by atoms with Gasteiger partial charge in [-0.2, -0.15) is 0 Å². The number of likely N-dealkylation sites (N-methyl/N-ethyl adjacent to an activating group) is 1. The number of nitrogens with one attached hydrogen (secondary N) is 1. The van der Waals surface area contributed by atoms with Gasteiger partial charge in [-0.05, 0) is 24.9 Å². The second-order valence-corrected chi connectivity index (χ2v) is 6.02. The van der Waals surface area contributed by atoms with E-state index in [1.807, 2.05) is 0 Å². The summed E-state index contributed by atoms with van der Waals surface area (Å²) in [6, 6.07) is 0. The Kier molecular flexibility index (Phi) is 8.20. The van der Waals surface area contributed by atoms with Crippen molar-refractivity contribution in [3.05, 3.63) is 0 Å². The van der Waals surface area contributed by atoms with Crippen LogP contribution in [0.25, 0.3) is 0 Å². The number of nitrogens with zero attached hydrogens (tertiary/aromatic N) is 1. The number of hydrogen-bond acceptors (Lipinski definition) is 3. The monoisotopic (exact) mass is 257 g/mol. The Labute approximate surface area is 112 Å². The Balaban J connectivity index is 4.05. The molecule has 3 N–H and O–H groups in total. The molecule has 0 aromatic carbocycles. The Bertz CT molecular complexity index is 232. The van der Waals surface area contributed by atoms with Gasteiger partial charge in [0.2, 0.25) is 5.91 Å². The lowest BCUT2D eigenvalue weighted by Crippen LogP contribution is -2.41. The van der Waals surface area contributed by atoms with Crippen LogP contribution in [0.4, 0.5) is 0 Å². The van der Waals surface area contributed by atoms with E-state index < -0.39 is 0 Å². The van der Waals surface area contributed by atoms with E-state index in [1.165, 1.54) is 0 Å². The van der Waals surface area contributed by atoms with E-state index in [4.69, 9.17) is 5.73 Å². The second-order valence-electron chi connectivity index (χ2n) is 6.02. The molecule has 0 aromatic heterocycles. The molecule has 18 heavy (non-hydrogen) atoms. The van der Waals surface area contributed by atoms with Crippen LogP contribution >= 0.6 is 0 Å². The fourth-order valence-corrected chi connectivity index (χ4v) is 2.04. The van der Waals surface area contributed by atoms with Crippen LogP contribution in [0.3, 0.4) is 0 Å². The summed E-state index contributed by atoms with van der Waals surface area (Å²) >= 11 is 0. The van der Waals surface area contributed by atoms with Crippen molar-refractivity contribution in [3.63, 3.8) is 0 Å². The molecule has 4 nitrogen and oxygen atoms in total. The number of nitrogens with two attached hydrogens (primary N) is 1. The Morgan fingerprint density at radius 3 is 2.22 bits per heavy atom. The maximum atomic E-state index is 12.0. The van der Waals surface area contributed by atoms with E-state index in [1.54, 1.807) is 0 Å². The maximum absolute atomic E-state index is 12.0. The first-order valence-electron chi connectivity index (χ1n) is 7.04. The van der Waals surface area contributed by atoms with Crippen LogP contribution < -0.4 is 11.1 Å². The molecule has 0 bridgehead atoms. The highest BCUT2D eigenvalue weighted by Crippen LogP contribution is 2.23. The summed E-state index contributed by atoms with van der Waals surface area (Å²) in [5.41, 5.74) is 5.83. The average molecular weight is 257 g/mol. The molecule has 0 spiro atoms. The van der Waals surface area contributed by atoms with Gasteiger partial charge >= 0.3 is 0 Å². The van der Waals surface area contributed by atoms with E-state index in [-0.39, 0.29) is 17.2 Å². The third-order valence-corrected chi connectivity index (χ3v) is 3.14. The van der Waals surface area contributed by atoms with E-state index in [2.05, 4.69) is 44.8 Å². The van der Waals surface area contributed by atoms with Crippen LogP contribution in [0.5, 0.6) is 0 Å². The number of rotatable bonds is 8. The van der Waals surface area contributed by atoms with Crippen molar-refractivity contribution in [1.29, 1.82) is 0 Å². The van der Waals surface area contributed by atoms with Crippen molar-refractivity contribution >= 4 is 5.91 Å². The first kappa shape index (κ1) is 17.4. The summed E-state index contributed by atoms with van der Waals surface area (Å²) < 4.78 is 0. The lowest BCUT2D eigenvalue weighted by molar-refractivity contribution is -0.125. The third-order valence-electron chi connectivity index (χ3n) is 3.14. The lowest BCUT2D eigenvalue weighted by atomic mass is 9.84. The van der Waals surface area contributed by atoms with Gasteiger partial charge < -0.3 is 16.0 Å². The molecule has 1 atom stereocenters. The summed E-state index contributed by atoms with van der Waals surface area (Å²) in [5, 5.41) is 2.99. The van der Waals surface area contributed by atoms with Gasteiger partial charge in [0, 0.05) is 19.6 Å². The molecule has 0 aliphatic rings. The predicted octanol–water partition coefficient (Wildman–Crippen LogP) is 1.46. The summed E-state index contributed by atoms with van der Waals surface area (Å²) in [5.74, 6) is 0.0290. The summed E-state index contributed by atoms with van der Waals surface area (Å²) in [6.07, 6.45) is 0.834. The molecule has 0 heterocycles. The lowest BCUT2D eigenvalue weighted by Gasteiger charge is -2.25. The molecule has 4 heteroatoms. The first-order chi connectivity index (χ1) is 8.34. The molecular formula is C14H31N3O. The Morgan fingerprint density at radius 1 is 1.28 bits per heavy atom. The highest BCUT2D eigenvalue weighted by Gasteiger charge is 2.23. The molecule has 0 fully saturated rings. The van der Waals surface area contributed by atoms with Crippen molar-refractivity contribution in [2.45, 2.75) is 41.0 Å². The van der Waals surface area contributed by atoms with Gasteiger partial charge in [0.1, 0.15) is 0 Å². The zero-order chi connectivity index (χ0) is 14.2. The van der Waals surface area contributed by atoms with Gasteiger partial charge in [-0.15, -0.1) is 0 Å². The third kappa shape index (κ3) is 7.67. The minimum Gasteiger partial charge on any atom is -0.355 e. The van der Waals surface area contributed by atoms with E-state index in [9.17, 15) is 4.79 Å². The molecule has 0 aliphatic heterocycles. The minimum absolute atomic E-state index is 0.0679. The molecule has 0 aliphatic carbocycles. The van der Waals surface area contributed by atoms with Gasteiger partial charge in [-0.25, -0.2) is 0 Å². The smallest absolute Gasteiger partial charge is 0.224 e. The van der Waals surface area contributed by atoms with Crippen LogP contribution in [-0.2, 0) is 4.79 Å². The number of hydrogen-bond donors (Lipinski definition) is 2. The Morgan fingerprint density at radius 2 is 1.83 bits per heavy atom. The Hall–Kier alpha value is -0.610. The van der Waals surface area contributed by atoms with Gasteiger partial charge in [-0.3, -0.25) is 4.79 Å². The molecule has 108 valence electrons. The van der Waals surface area contributed by atoms with Crippen molar-refractivity contribution in [2.24, 2.45) is 17.1 Å². The van der Waals surface area contributed by atoms with Crippen LogP contribution in [0, 0.1) is 11.3 Å². The molecule has 1 unspecified atom stereocenters. The first-order valence-corrected chi connectivity index (χ1v) is 7.04. The van der Waals surface area contributed by atoms with Crippen LogP contribution in [0.15, 0.2) is 0 Å². The highest BCUT2D eigenvalue weighted by atomic mass is 16.1. The molecule has 0 aromatic rings. The fourth-order valence-electron chi connectivity index (χ4n) is 2.04. The topological polar surface area (TPSA) is 58.4 Å². The summed E-state index contributed by atoms with van der Waals surface area (Å²) in [6.45, 7) is 14.8. The quantitative estimate of drug-likeness (QED) is 0.692. The largest absolute Gasteiger partial charge is 0.355 e. The average Bonchev–Trinajstić information content (AvgIpc) is 2.30. The molecular weight excluding hydrogens is 226 g/mol. The zero-order valence-corrected chi connectivity index (χ0v) is 12.8. The van der Waals surface area contributed by atoms with E-state index in [0.29, 0.717) is 13.1 Å². The van der Waals surface area contributed by atoms with Gasteiger partial charge in [0.05, 0.1) is 5.92 Å². The maximum Gasteiger partial charge on any atom is 0.224 e. The second kappa shape index (κ2) is 8.48. The van der Waals surface area contributed by atoms with Crippen molar-refractivity contribution in [2.75, 3.05) is 32.7 Å². The van der Waals surface area contributed by atoms with Crippen LogP contribution in [0.1, 0.15) is 41.0 Å². The fraction of sp³-hybridized carbons (Fsp3) is 0.929. The van der Waals surface area contributed by atoms with E-state index >= 15 is 0 Å².